The molecule has 74 valence electrons. The fourth-order valence-corrected chi connectivity index (χ4v) is 0.453. The lowest BCUT2D eigenvalue weighted by atomic mass is 10.6. The Morgan fingerprint density at radius 3 is 2.08 bits per heavy atom. The Bertz CT molecular complexity index is 104. The fraction of sp³-hybridized carbons (Fsp3) is 0.875. The van der Waals surface area contributed by atoms with Crippen molar-refractivity contribution in [2.75, 3.05) is 34.2 Å². The lowest BCUT2D eigenvalue weighted by Crippen LogP contribution is -2.37. The second kappa shape index (κ2) is 10.2. The first-order valence-corrected chi connectivity index (χ1v) is 4.28. The molecule has 0 atom stereocenters. The highest BCUT2D eigenvalue weighted by molar-refractivity contribution is 5.73. The van der Waals surface area contributed by atoms with Gasteiger partial charge in [-0.05, 0) is 7.05 Å². The van der Waals surface area contributed by atoms with Crippen molar-refractivity contribution in [3.63, 3.8) is 0 Å². The van der Waals surface area contributed by atoms with Crippen LogP contribution < -0.4 is 10.6 Å². The van der Waals surface area contributed by atoms with E-state index in [1.54, 1.807) is 14.1 Å². The summed E-state index contributed by atoms with van der Waals surface area (Å²) in [7, 11) is 5.28. The standard InChI is InChI=1S/C6H15N3O.C2H6/c1-7-4-5-8-6(10)9(2)3;1-2/h7H,4-5H2,1-3H3,(H,8,10);1-2H3. The number of urea groups is 1. The van der Waals surface area contributed by atoms with Crippen molar-refractivity contribution in [2.45, 2.75) is 13.8 Å². The number of hydrogen-bond acceptors (Lipinski definition) is 2. The molecular formula is C8H21N3O. The van der Waals surface area contributed by atoms with Crippen LogP contribution in [0.25, 0.3) is 0 Å². The zero-order valence-corrected chi connectivity index (χ0v) is 8.77. The molecule has 0 aromatic carbocycles. The van der Waals surface area contributed by atoms with E-state index in [0.29, 0.717) is 6.54 Å². The number of nitrogens with one attached hydrogen (secondary N) is 2. The number of rotatable bonds is 3. The molecule has 0 radical (unpaired) electrons. The summed E-state index contributed by atoms with van der Waals surface area (Å²) in [6.45, 7) is 5.48. The zero-order valence-electron chi connectivity index (χ0n) is 8.77. The van der Waals surface area contributed by atoms with Gasteiger partial charge < -0.3 is 15.5 Å². The van der Waals surface area contributed by atoms with Gasteiger partial charge in [0.25, 0.3) is 0 Å². The van der Waals surface area contributed by atoms with E-state index >= 15 is 0 Å². The van der Waals surface area contributed by atoms with E-state index in [1.165, 1.54) is 4.90 Å². The van der Waals surface area contributed by atoms with E-state index in [2.05, 4.69) is 10.6 Å². The number of carbonyl (C=O) groups is 1. The third-order valence-electron chi connectivity index (χ3n) is 1.06. The molecule has 0 saturated heterocycles. The van der Waals surface area contributed by atoms with Gasteiger partial charge in [-0.15, -0.1) is 0 Å². The highest BCUT2D eigenvalue weighted by Crippen LogP contribution is 1.73. The largest absolute Gasteiger partial charge is 0.337 e. The highest BCUT2D eigenvalue weighted by Gasteiger charge is 1.98. The predicted molar refractivity (Wildman–Crippen MR) is 52.4 cm³/mol. The molecule has 0 aliphatic rings. The van der Waals surface area contributed by atoms with E-state index < -0.39 is 0 Å². The third kappa shape index (κ3) is 9.23. The third-order valence-corrected chi connectivity index (χ3v) is 1.06. The van der Waals surface area contributed by atoms with Crippen molar-refractivity contribution >= 4 is 6.03 Å². The molecule has 2 N–H and O–H groups in total. The summed E-state index contributed by atoms with van der Waals surface area (Å²) in [6, 6.07) is -0.0461. The van der Waals surface area contributed by atoms with Gasteiger partial charge in [0, 0.05) is 27.2 Å². The Kier molecular flexibility index (Phi) is 11.8. The average molecular weight is 175 g/mol. The maximum absolute atomic E-state index is 10.8. The first kappa shape index (κ1) is 13.8. The molecule has 0 saturated carbocycles. The SMILES string of the molecule is CC.CNCCNC(=O)N(C)C. The van der Waals surface area contributed by atoms with E-state index in [0.717, 1.165) is 6.54 Å². The Morgan fingerprint density at radius 2 is 1.75 bits per heavy atom. The van der Waals surface area contributed by atoms with Crippen LogP contribution in [0.2, 0.25) is 0 Å². The van der Waals surface area contributed by atoms with Gasteiger partial charge in [0.2, 0.25) is 0 Å². The second-order valence-electron chi connectivity index (χ2n) is 2.23. The van der Waals surface area contributed by atoms with Crippen molar-refractivity contribution in [1.82, 2.24) is 15.5 Å². The van der Waals surface area contributed by atoms with Crippen LogP contribution in [0.4, 0.5) is 4.79 Å². The van der Waals surface area contributed by atoms with Gasteiger partial charge in [-0.1, -0.05) is 13.8 Å². The van der Waals surface area contributed by atoms with Gasteiger partial charge in [-0.3, -0.25) is 0 Å². The number of likely N-dealkylation sites (N-methyl/N-ethyl adjacent to an activating group) is 1. The lowest BCUT2D eigenvalue weighted by molar-refractivity contribution is 0.217. The normalized spacial score (nSPS) is 8.08. The van der Waals surface area contributed by atoms with E-state index in [4.69, 9.17) is 0 Å². The van der Waals surface area contributed by atoms with Gasteiger partial charge in [0.1, 0.15) is 0 Å². The Balaban J connectivity index is 0. The molecule has 4 nitrogen and oxygen atoms in total. The minimum atomic E-state index is -0.0461. The molecule has 0 spiro atoms. The summed E-state index contributed by atoms with van der Waals surface area (Å²) in [4.78, 5) is 12.3. The number of hydrogen-bond donors (Lipinski definition) is 2. The molecule has 0 aliphatic carbocycles. The summed E-state index contributed by atoms with van der Waals surface area (Å²) in [5.41, 5.74) is 0. The monoisotopic (exact) mass is 175 g/mol. The maximum Gasteiger partial charge on any atom is 0.316 e. The smallest absolute Gasteiger partial charge is 0.316 e. The molecule has 0 heterocycles. The van der Waals surface area contributed by atoms with Gasteiger partial charge >= 0.3 is 6.03 Å². The predicted octanol–water partition coefficient (Wildman–Crippen LogP) is 0.503. The lowest BCUT2D eigenvalue weighted by Gasteiger charge is -2.10. The first-order chi connectivity index (χ1) is 5.68. The van der Waals surface area contributed by atoms with Crippen molar-refractivity contribution in [1.29, 1.82) is 0 Å². The van der Waals surface area contributed by atoms with Crippen molar-refractivity contribution < 1.29 is 4.79 Å². The minimum absolute atomic E-state index is 0.0461. The van der Waals surface area contributed by atoms with Crippen LogP contribution in [0.1, 0.15) is 13.8 Å². The fourth-order valence-electron chi connectivity index (χ4n) is 0.453. The molecule has 0 bridgehead atoms. The second-order valence-corrected chi connectivity index (χ2v) is 2.23. The molecular weight excluding hydrogens is 154 g/mol. The molecule has 0 aromatic heterocycles. The van der Waals surface area contributed by atoms with Crippen molar-refractivity contribution in [3.8, 4) is 0 Å². The molecule has 0 aromatic rings. The van der Waals surface area contributed by atoms with Crippen LogP contribution in [0.3, 0.4) is 0 Å². The van der Waals surface area contributed by atoms with Crippen LogP contribution in [0.15, 0.2) is 0 Å². The van der Waals surface area contributed by atoms with Crippen LogP contribution in [0.5, 0.6) is 0 Å². The molecule has 4 heteroatoms. The number of carbonyl (C=O) groups excluding carboxylic acids is 1. The number of amides is 2. The van der Waals surface area contributed by atoms with Crippen LogP contribution in [0, 0.1) is 0 Å². The summed E-state index contributed by atoms with van der Waals surface area (Å²) in [6.07, 6.45) is 0. The molecule has 0 fully saturated rings. The topological polar surface area (TPSA) is 44.4 Å². The van der Waals surface area contributed by atoms with E-state index in [9.17, 15) is 4.79 Å². The van der Waals surface area contributed by atoms with E-state index in [1.807, 2.05) is 20.9 Å². The van der Waals surface area contributed by atoms with Crippen LogP contribution in [-0.2, 0) is 0 Å². The van der Waals surface area contributed by atoms with Gasteiger partial charge in [-0.2, -0.15) is 0 Å². The number of nitrogens with zero attached hydrogens (tertiary/aromatic N) is 1. The molecule has 12 heavy (non-hydrogen) atoms. The van der Waals surface area contributed by atoms with E-state index in [-0.39, 0.29) is 6.03 Å². The zero-order chi connectivity index (χ0) is 9.98. The molecule has 0 rings (SSSR count). The van der Waals surface area contributed by atoms with Crippen LogP contribution in [-0.4, -0.2) is 45.2 Å². The van der Waals surface area contributed by atoms with Crippen molar-refractivity contribution in [2.24, 2.45) is 0 Å². The average Bonchev–Trinajstić information content (AvgIpc) is 2.08. The van der Waals surface area contributed by atoms with Gasteiger partial charge in [0.05, 0.1) is 0 Å². The molecule has 0 unspecified atom stereocenters. The summed E-state index contributed by atoms with van der Waals surface area (Å²) < 4.78 is 0. The first-order valence-electron chi connectivity index (χ1n) is 4.28. The highest BCUT2D eigenvalue weighted by atomic mass is 16.2. The van der Waals surface area contributed by atoms with Gasteiger partial charge in [-0.25, -0.2) is 4.79 Å². The van der Waals surface area contributed by atoms with Crippen molar-refractivity contribution in [3.05, 3.63) is 0 Å². The molecule has 2 amide bonds. The summed E-state index contributed by atoms with van der Waals surface area (Å²) in [5, 5.41) is 5.64. The summed E-state index contributed by atoms with van der Waals surface area (Å²) in [5.74, 6) is 0. The van der Waals surface area contributed by atoms with Crippen LogP contribution >= 0.6 is 0 Å². The minimum Gasteiger partial charge on any atom is -0.337 e. The maximum atomic E-state index is 10.8. The van der Waals surface area contributed by atoms with Gasteiger partial charge in [0.15, 0.2) is 0 Å². The Hall–Kier alpha value is -0.770. The summed E-state index contributed by atoms with van der Waals surface area (Å²) >= 11 is 0. The Labute approximate surface area is 75.3 Å². The quantitative estimate of drug-likeness (QED) is 0.614. The molecule has 0 aliphatic heterocycles. The Morgan fingerprint density at radius 1 is 1.25 bits per heavy atom.